The Hall–Kier alpha value is -2.70. The molecular formula is C14H16N4O3. The molecule has 1 N–H and O–H groups in total. The van der Waals surface area contributed by atoms with Crippen LogP contribution in [0.4, 0.5) is 11.6 Å². The summed E-state index contributed by atoms with van der Waals surface area (Å²) >= 11 is 0. The highest BCUT2D eigenvalue weighted by Gasteiger charge is 2.16. The van der Waals surface area contributed by atoms with Crippen LogP contribution in [0.25, 0.3) is 0 Å². The molecule has 7 heteroatoms. The van der Waals surface area contributed by atoms with Crippen molar-refractivity contribution in [2.24, 2.45) is 0 Å². The topological polar surface area (TPSA) is 90.2 Å². The van der Waals surface area contributed by atoms with E-state index in [0.717, 1.165) is 5.56 Å². The van der Waals surface area contributed by atoms with Gasteiger partial charge in [-0.2, -0.15) is 4.98 Å². The van der Waals surface area contributed by atoms with E-state index in [1.54, 1.807) is 25.3 Å². The van der Waals surface area contributed by atoms with Crippen molar-refractivity contribution >= 4 is 11.6 Å². The molecule has 0 bridgehead atoms. The lowest BCUT2D eigenvalue weighted by molar-refractivity contribution is -0.385. The summed E-state index contributed by atoms with van der Waals surface area (Å²) in [6.45, 7) is 6.10. The number of nitrogens with one attached hydrogen (secondary N) is 1. The highest BCUT2D eigenvalue weighted by Crippen LogP contribution is 2.31. The van der Waals surface area contributed by atoms with E-state index in [1.165, 1.54) is 6.07 Å². The first-order valence-corrected chi connectivity index (χ1v) is 6.52. The summed E-state index contributed by atoms with van der Waals surface area (Å²) in [5, 5.41) is 13.9. The molecule has 110 valence electrons. The second-order valence-corrected chi connectivity index (χ2v) is 4.47. The van der Waals surface area contributed by atoms with Gasteiger partial charge >= 0.3 is 0 Å². The first-order valence-electron chi connectivity index (χ1n) is 6.52. The van der Waals surface area contributed by atoms with E-state index in [4.69, 9.17) is 4.74 Å². The number of aryl methyl sites for hydroxylation is 1. The van der Waals surface area contributed by atoms with Gasteiger partial charge in [-0.15, -0.1) is 0 Å². The number of hydrogen-bond donors (Lipinski definition) is 1. The van der Waals surface area contributed by atoms with Crippen LogP contribution >= 0.6 is 0 Å². The second-order valence-electron chi connectivity index (χ2n) is 4.47. The summed E-state index contributed by atoms with van der Waals surface area (Å²) in [4.78, 5) is 18.9. The fraction of sp³-hybridized carbons (Fsp3) is 0.286. The Balaban J connectivity index is 2.36. The van der Waals surface area contributed by atoms with Crippen LogP contribution < -0.4 is 10.1 Å². The van der Waals surface area contributed by atoms with Crippen LogP contribution in [0, 0.1) is 24.0 Å². The quantitative estimate of drug-likeness (QED) is 0.671. The Bertz CT molecular complexity index is 673. The lowest BCUT2D eigenvalue weighted by Gasteiger charge is -2.11. The van der Waals surface area contributed by atoms with Gasteiger partial charge in [0.25, 0.3) is 5.69 Å². The number of hydrogen-bond acceptors (Lipinski definition) is 6. The molecule has 0 saturated carbocycles. The van der Waals surface area contributed by atoms with Gasteiger partial charge in [0.1, 0.15) is 5.75 Å². The maximum Gasteiger partial charge on any atom is 0.276 e. The van der Waals surface area contributed by atoms with Gasteiger partial charge in [0, 0.05) is 24.4 Å². The highest BCUT2D eigenvalue weighted by atomic mass is 16.6. The molecule has 0 fully saturated rings. The van der Waals surface area contributed by atoms with E-state index < -0.39 is 4.92 Å². The predicted molar refractivity (Wildman–Crippen MR) is 78.8 cm³/mol. The van der Waals surface area contributed by atoms with E-state index in [-0.39, 0.29) is 5.69 Å². The fourth-order valence-corrected chi connectivity index (χ4v) is 1.79. The zero-order valence-electron chi connectivity index (χ0n) is 12.1. The Morgan fingerprint density at radius 3 is 2.81 bits per heavy atom. The summed E-state index contributed by atoms with van der Waals surface area (Å²) in [6, 6.07) is 4.71. The van der Waals surface area contributed by atoms with Gasteiger partial charge in [-0.05, 0) is 26.8 Å². The van der Waals surface area contributed by atoms with Crippen LogP contribution in [0.2, 0.25) is 0 Å². The van der Waals surface area contributed by atoms with Crippen LogP contribution in [-0.4, -0.2) is 21.4 Å². The SMILES string of the molecule is CCNc1ncc(C)c(Oc2cccc([N+](=O)[O-])c2C)n1. The first kappa shape index (κ1) is 14.7. The number of rotatable bonds is 5. The third-order valence-electron chi connectivity index (χ3n) is 2.92. The molecule has 1 heterocycles. The van der Waals surface area contributed by atoms with Crippen molar-refractivity contribution in [1.82, 2.24) is 9.97 Å². The third-order valence-corrected chi connectivity index (χ3v) is 2.92. The molecule has 0 aliphatic carbocycles. The van der Waals surface area contributed by atoms with Crippen LogP contribution in [0.15, 0.2) is 24.4 Å². The van der Waals surface area contributed by atoms with Crippen molar-refractivity contribution in [1.29, 1.82) is 0 Å². The molecule has 2 rings (SSSR count). The molecule has 2 aromatic rings. The molecule has 0 saturated heterocycles. The van der Waals surface area contributed by atoms with Gasteiger partial charge in [-0.3, -0.25) is 10.1 Å². The number of ether oxygens (including phenoxy) is 1. The Kier molecular flexibility index (Phi) is 4.32. The lowest BCUT2D eigenvalue weighted by Crippen LogP contribution is -2.04. The number of benzene rings is 1. The Morgan fingerprint density at radius 1 is 1.38 bits per heavy atom. The summed E-state index contributed by atoms with van der Waals surface area (Å²) in [5.74, 6) is 1.25. The predicted octanol–water partition coefficient (Wildman–Crippen LogP) is 3.23. The normalized spacial score (nSPS) is 10.2. The minimum atomic E-state index is -0.431. The van der Waals surface area contributed by atoms with Crippen LogP contribution in [0.5, 0.6) is 11.6 Å². The molecule has 0 spiro atoms. The summed E-state index contributed by atoms with van der Waals surface area (Å²) in [7, 11) is 0. The van der Waals surface area contributed by atoms with E-state index in [1.807, 2.05) is 13.8 Å². The maximum absolute atomic E-state index is 10.9. The van der Waals surface area contributed by atoms with E-state index in [0.29, 0.717) is 29.7 Å². The third kappa shape index (κ3) is 3.25. The standard InChI is InChI=1S/C14H16N4O3/c1-4-15-14-16-8-9(2)13(17-14)21-12-7-5-6-11(10(12)3)18(19)20/h5-8H,4H2,1-3H3,(H,15,16,17). The minimum Gasteiger partial charge on any atom is -0.438 e. The second kappa shape index (κ2) is 6.17. The van der Waals surface area contributed by atoms with Crippen molar-refractivity contribution in [3.63, 3.8) is 0 Å². The molecule has 1 aromatic carbocycles. The van der Waals surface area contributed by atoms with Crippen LogP contribution in [0.3, 0.4) is 0 Å². The van der Waals surface area contributed by atoms with Gasteiger partial charge in [0.05, 0.1) is 10.5 Å². The monoisotopic (exact) mass is 288 g/mol. The minimum absolute atomic E-state index is 0.0196. The van der Waals surface area contributed by atoms with Gasteiger partial charge in [0.2, 0.25) is 11.8 Å². The van der Waals surface area contributed by atoms with Crippen LogP contribution in [0.1, 0.15) is 18.1 Å². The Labute approximate surface area is 122 Å². The van der Waals surface area contributed by atoms with Gasteiger partial charge in [0.15, 0.2) is 0 Å². The van der Waals surface area contributed by atoms with Crippen molar-refractivity contribution in [3.05, 3.63) is 45.6 Å². The molecule has 0 atom stereocenters. The zero-order valence-corrected chi connectivity index (χ0v) is 12.1. The molecule has 0 amide bonds. The lowest BCUT2D eigenvalue weighted by atomic mass is 10.2. The van der Waals surface area contributed by atoms with Gasteiger partial charge in [-0.25, -0.2) is 4.98 Å². The van der Waals surface area contributed by atoms with Crippen molar-refractivity contribution < 1.29 is 9.66 Å². The fourth-order valence-electron chi connectivity index (χ4n) is 1.79. The molecular weight excluding hydrogens is 272 g/mol. The smallest absolute Gasteiger partial charge is 0.276 e. The summed E-state index contributed by atoms with van der Waals surface area (Å²) in [5.41, 5.74) is 1.24. The largest absolute Gasteiger partial charge is 0.438 e. The first-order chi connectivity index (χ1) is 10.0. The van der Waals surface area contributed by atoms with Crippen molar-refractivity contribution in [2.75, 3.05) is 11.9 Å². The Morgan fingerprint density at radius 2 is 2.14 bits per heavy atom. The average Bonchev–Trinajstić information content (AvgIpc) is 2.44. The average molecular weight is 288 g/mol. The maximum atomic E-state index is 10.9. The highest BCUT2D eigenvalue weighted by molar-refractivity contribution is 5.50. The number of nitro groups is 1. The number of nitrogens with zero attached hydrogens (tertiary/aromatic N) is 3. The molecule has 7 nitrogen and oxygen atoms in total. The van der Waals surface area contributed by atoms with E-state index >= 15 is 0 Å². The van der Waals surface area contributed by atoms with Gasteiger partial charge in [-0.1, -0.05) is 6.07 Å². The molecule has 21 heavy (non-hydrogen) atoms. The molecule has 0 aliphatic rings. The van der Waals surface area contributed by atoms with E-state index in [2.05, 4.69) is 15.3 Å². The molecule has 0 radical (unpaired) electrons. The number of aromatic nitrogens is 2. The molecule has 0 unspecified atom stereocenters. The van der Waals surface area contributed by atoms with E-state index in [9.17, 15) is 10.1 Å². The van der Waals surface area contributed by atoms with Crippen molar-refractivity contribution in [2.45, 2.75) is 20.8 Å². The number of nitro benzene ring substituents is 1. The summed E-state index contributed by atoms with van der Waals surface area (Å²) < 4.78 is 5.72. The van der Waals surface area contributed by atoms with Crippen LogP contribution in [-0.2, 0) is 0 Å². The zero-order chi connectivity index (χ0) is 15.4. The van der Waals surface area contributed by atoms with Gasteiger partial charge < -0.3 is 10.1 Å². The summed E-state index contributed by atoms with van der Waals surface area (Å²) in [6.07, 6.45) is 1.65. The molecule has 0 aliphatic heterocycles. The number of anilines is 1. The van der Waals surface area contributed by atoms with Crippen molar-refractivity contribution in [3.8, 4) is 11.6 Å². The molecule has 1 aromatic heterocycles.